The SMILES string of the molecule is NC[C@H]1CCN(Cc2ccccc2Cl)S1(=O)=O. The maximum Gasteiger partial charge on any atom is 0.218 e. The second-order valence-electron chi connectivity index (χ2n) is 4.12. The minimum absolute atomic E-state index is 0.182. The lowest BCUT2D eigenvalue weighted by Crippen LogP contribution is -2.32. The van der Waals surface area contributed by atoms with Gasteiger partial charge in [0.25, 0.3) is 0 Å². The Morgan fingerprint density at radius 2 is 2.12 bits per heavy atom. The fourth-order valence-corrected chi connectivity index (χ4v) is 3.94. The van der Waals surface area contributed by atoms with Gasteiger partial charge in [-0.05, 0) is 18.1 Å². The van der Waals surface area contributed by atoms with E-state index in [4.69, 9.17) is 17.3 Å². The molecule has 94 valence electrons. The van der Waals surface area contributed by atoms with E-state index in [-0.39, 0.29) is 6.54 Å². The number of benzene rings is 1. The lowest BCUT2D eigenvalue weighted by molar-refractivity contribution is 0.440. The Bertz CT molecular complexity index is 504. The summed E-state index contributed by atoms with van der Waals surface area (Å²) in [4.78, 5) is 0. The first-order valence-electron chi connectivity index (χ1n) is 5.48. The summed E-state index contributed by atoms with van der Waals surface area (Å²) in [5, 5.41) is 0.156. The monoisotopic (exact) mass is 274 g/mol. The number of hydrogen-bond acceptors (Lipinski definition) is 3. The van der Waals surface area contributed by atoms with Gasteiger partial charge >= 0.3 is 0 Å². The molecule has 0 saturated carbocycles. The maximum absolute atomic E-state index is 12.0. The molecule has 4 nitrogen and oxygen atoms in total. The topological polar surface area (TPSA) is 63.4 Å². The molecule has 0 unspecified atom stereocenters. The van der Waals surface area contributed by atoms with Crippen molar-refractivity contribution in [2.45, 2.75) is 18.2 Å². The quantitative estimate of drug-likeness (QED) is 0.901. The average molecular weight is 275 g/mol. The molecule has 1 atom stereocenters. The van der Waals surface area contributed by atoms with E-state index in [9.17, 15) is 8.42 Å². The molecule has 0 radical (unpaired) electrons. The summed E-state index contributed by atoms with van der Waals surface area (Å²) in [6.07, 6.45) is 0.600. The molecule has 2 rings (SSSR count). The molecule has 17 heavy (non-hydrogen) atoms. The first-order chi connectivity index (χ1) is 8.05. The van der Waals surface area contributed by atoms with Gasteiger partial charge in [0, 0.05) is 24.7 Å². The van der Waals surface area contributed by atoms with Crippen LogP contribution in [0.3, 0.4) is 0 Å². The highest BCUT2D eigenvalue weighted by Gasteiger charge is 2.37. The zero-order valence-electron chi connectivity index (χ0n) is 9.34. The van der Waals surface area contributed by atoms with Gasteiger partial charge in [0.05, 0.1) is 5.25 Å². The second kappa shape index (κ2) is 4.94. The predicted molar refractivity (Wildman–Crippen MR) is 68.2 cm³/mol. The first kappa shape index (κ1) is 12.8. The predicted octanol–water partition coefficient (Wildman–Crippen LogP) is 1.20. The van der Waals surface area contributed by atoms with Gasteiger partial charge in [0.1, 0.15) is 0 Å². The van der Waals surface area contributed by atoms with Crippen LogP contribution in [0.25, 0.3) is 0 Å². The molecule has 1 aliphatic rings. The van der Waals surface area contributed by atoms with Crippen LogP contribution in [0.15, 0.2) is 24.3 Å². The Morgan fingerprint density at radius 1 is 1.41 bits per heavy atom. The van der Waals surface area contributed by atoms with Crippen molar-refractivity contribution >= 4 is 21.6 Å². The van der Waals surface area contributed by atoms with Crippen molar-refractivity contribution in [3.63, 3.8) is 0 Å². The van der Waals surface area contributed by atoms with Crippen LogP contribution in [0.4, 0.5) is 0 Å². The van der Waals surface area contributed by atoms with Crippen molar-refractivity contribution in [3.05, 3.63) is 34.9 Å². The van der Waals surface area contributed by atoms with Crippen LogP contribution < -0.4 is 5.73 Å². The van der Waals surface area contributed by atoms with E-state index < -0.39 is 15.3 Å². The summed E-state index contributed by atoms with van der Waals surface area (Å²) in [6.45, 7) is 1.04. The van der Waals surface area contributed by atoms with Crippen LogP contribution in [0.1, 0.15) is 12.0 Å². The fraction of sp³-hybridized carbons (Fsp3) is 0.455. The number of hydrogen-bond donors (Lipinski definition) is 1. The summed E-state index contributed by atoms with van der Waals surface area (Å²) < 4.78 is 25.5. The molecule has 1 aromatic rings. The zero-order valence-corrected chi connectivity index (χ0v) is 10.9. The molecule has 0 spiro atoms. The molecule has 0 aliphatic carbocycles. The van der Waals surface area contributed by atoms with Gasteiger partial charge in [-0.15, -0.1) is 0 Å². The molecule has 1 heterocycles. The molecule has 1 aliphatic heterocycles. The van der Waals surface area contributed by atoms with Gasteiger partial charge in [-0.25, -0.2) is 8.42 Å². The maximum atomic E-state index is 12.0. The van der Waals surface area contributed by atoms with E-state index in [1.54, 1.807) is 6.07 Å². The summed E-state index contributed by atoms with van der Waals surface area (Å²) >= 11 is 6.02. The minimum atomic E-state index is -3.24. The molecule has 0 aromatic heterocycles. The number of nitrogens with two attached hydrogens (primary N) is 1. The summed E-state index contributed by atoms with van der Waals surface area (Å²) in [7, 11) is -3.24. The van der Waals surface area contributed by atoms with Crippen molar-refractivity contribution in [1.82, 2.24) is 4.31 Å². The molecule has 0 amide bonds. The lowest BCUT2D eigenvalue weighted by atomic mass is 10.2. The van der Waals surface area contributed by atoms with Crippen LogP contribution in [0.2, 0.25) is 5.02 Å². The van der Waals surface area contributed by atoms with Gasteiger partial charge in [-0.3, -0.25) is 0 Å². The molecule has 6 heteroatoms. The van der Waals surface area contributed by atoms with Crippen molar-refractivity contribution in [3.8, 4) is 0 Å². The zero-order chi connectivity index (χ0) is 12.5. The second-order valence-corrected chi connectivity index (χ2v) is 6.74. The van der Waals surface area contributed by atoms with E-state index in [2.05, 4.69) is 0 Å². The molecule has 1 fully saturated rings. The molecule has 2 N–H and O–H groups in total. The van der Waals surface area contributed by atoms with Crippen LogP contribution in [-0.4, -0.2) is 31.1 Å². The van der Waals surface area contributed by atoms with Crippen LogP contribution in [0, 0.1) is 0 Å². The van der Waals surface area contributed by atoms with Crippen molar-refractivity contribution in [2.24, 2.45) is 5.73 Å². The lowest BCUT2D eigenvalue weighted by Gasteiger charge is -2.16. The standard InChI is InChI=1S/C11H15ClN2O2S/c12-11-4-2-1-3-9(11)8-14-6-5-10(7-13)17(14,15)16/h1-4,10H,5-8,13H2/t10-/m1/s1. The Balaban J connectivity index is 2.19. The smallest absolute Gasteiger partial charge is 0.218 e. The average Bonchev–Trinajstić information content (AvgIpc) is 2.57. The number of rotatable bonds is 3. The summed E-state index contributed by atoms with van der Waals surface area (Å²) in [5.41, 5.74) is 6.29. The van der Waals surface area contributed by atoms with Gasteiger partial charge in [0.15, 0.2) is 0 Å². The molecule has 0 bridgehead atoms. The van der Waals surface area contributed by atoms with Crippen molar-refractivity contribution in [1.29, 1.82) is 0 Å². The molecule has 1 saturated heterocycles. The van der Waals surface area contributed by atoms with Gasteiger partial charge in [-0.1, -0.05) is 29.8 Å². The van der Waals surface area contributed by atoms with Crippen LogP contribution >= 0.6 is 11.6 Å². The number of nitrogens with zero attached hydrogens (tertiary/aromatic N) is 1. The Labute approximate surface area is 106 Å². The van der Waals surface area contributed by atoms with E-state index in [0.717, 1.165) is 5.56 Å². The Morgan fingerprint density at radius 3 is 2.71 bits per heavy atom. The third-order valence-corrected chi connectivity index (χ3v) is 5.72. The van der Waals surface area contributed by atoms with Gasteiger partial charge < -0.3 is 5.73 Å². The van der Waals surface area contributed by atoms with Crippen molar-refractivity contribution in [2.75, 3.05) is 13.1 Å². The van der Waals surface area contributed by atoms with Crippen molar-refractivity contribution < 1.29 is 8.42 Å². The Hall–Kier alpha value is -0.620. The summed E-state index contributed by atoms with van der Waals surface area (Å²) in [6, 6.07) is 7.28. The Kier molecular flexibility index (Phi) is 3.73. The highest BCUT2D eigenvalue weighted by molar-refractivity contribution is 7.90. The third-order valence-electron chi connectivity index (χ3n) is 3.05. The highest BCUT2D eigenvalue weighted by Crippen LogP contribution is 2.25. The van der Waals surface area contributed by atoms with E-state index in [0.29, 0.717) is 24.5 Å². The largest absolute Gasteiger partial charge is 0.329 e. The number of halogens is 1. The van der Waals surface area contributed by atoms with Gasteiger partial charge in [0.2, 0.25) is 10.0 Å². The van der Waals surface area contributed by atoms with Crippen LogP contribution in [0.5, 0.6) is 0 Å². The molecular formula is C11H15ClN2O2S. The normalized spacial score (nSPS) is 24.0. The summed E-state index contributed by atoms with van der Waals surface area (Å²) in [5.74, 6) is 0. The van der Waals surface area contributed by atoms with Crippen LogP contribution in [-0.2, 0) is 16.6 Å². The minimum Gasteiger partial charge on any atom is -0.329 e. The third kappa shape index (κ3) is 2.47. The molecule has 1 aromatic carbocycles. The van der Waals surface area contributed by atoms with Gasteiger partial charge in [-0.2, -0.15) is 4.31 Å². The first-order valence-corrected chi connectivity index (χ1v) is 7.36. The van der Waals surface area contributed by atoms with E-state index >= 15 is 0 Å². The fourth-order valence-electron chi connectivity index (χ4n) is 2.00. The van der Waals surface area contributed by atoms with E-state index in [1.165, 1.54) is 4.31 Å². The van der Waals surface area contributed by atoms with E-state index in [1.807, 2.05) is 18.2 Å². The number of sulfonamides is 1. The molecular weight excluding hydrogens is 260 g/mol. The highest BCUT2D eigenvalue weighted by atomic mass is 35.5.